The quantitative estimate of drug-likeness (QED) is 0.163. The summed E-state index contributed by atoms with van der Waals surface area (Å²) >= 11 is 0. The zero-order chi connectivity index (χ0) is 32.8. The number of nitrogens with one attached hydrogen (secondary N) is 3. The molecule has 3 N–H and O–H groups in total. The number of hydrogen-bond donors (Lipinski definition) is 3. The summed E-state index contributed by atoms with van der Waals surface area (Å²) in [5.41, 5.74) is 6.55. The molecule has 3 aromatic carbocycles. The van der Waals surface area contributed by atoms with Crippen molar-refractivity contribution in [2.45, 2.75) is 13.8 Å². The van der Waals surface area contributed by atoms with Crippen LogP contribution in [0.1, 0.15) is 21.5 Å². The number of piperazine rings is 1. The van der Waals surface area contributed by atoms with Crippen LogP contribution >= 0.6 is 0 Å². The Morgan fingerprint density at radius 3 is 2.40 bits per heavy atom. The molecular weight excluding hydrogens is 590 g/mol. The maximum Gasteiger partial charge on any atom is 0.262 e. The SMILES string of the molecule is Cc1cccc(C)c1NC(=O)c1cnc(Nc2ccc(N3CCN(CCN(C)C)CC3)cc2)nc1Oc1cccc(-c2cc[nH]n2)c1. The van der Waals surface area contributed by atoms with Crippen molar-refractivity contribution in [3.05, 3.63) is 102 Å². The van der Waals surface area contributed by atoms with Gasteiger partial charge >= 0.3 is 0 Å². The van der Waals surface area contributed by atoms with E-state index in [0.717, 1.165) is 73.0 Å². The molecule has 0 bridgehead atoms. The lowest BCUT2D eigenvalue weighted by Gasteiger charge is -2.36. The maximum atomic E-state index is 13.6. The van der Waals surface area contributed by atoms with Gasteiger partial charge in [-0.3, -0.25) is 14.8 Å². The van der Waals surface area contributed by atoms with Crippen LogP contribution in [0.4, 0.5) is 23.0 Å². The summed E-state index contributed by atoms with van der Waals surface area (Å²) in [4.78, 5) is 29.9. The average molecular weight is 632 g/mol. The van der Waals surface area contributed by atoms with Gasteiger partial charge in [-0.2, -0.15) is 10.1 Å². The number of aromatic nitrogens is 4. The number of nitrogens with zero attached hydrogens (tertiary/aromatic N) is 6. The fourth-order valence-electron chi connectivity index (χ4n) is 5.56. The lowest BCUT2D eigenvalue weighted by Crippen LogP contribution is -2.48. The molecule has 1 saturated heterocycles. The number of H-pyrrole nitrogens is 1. The summed E-state index contributed by atoms with van der Waals surface area (Å²) < 4.78 is 6.28. The summed E-state index contributed by atoms with van der Waals surface area (Å²) in [7, 11) is 4.23. The Morgan fingerprint density at radius 1 is 0.957 bits per heavy atom. The van der Waals surface area contributed by atoms with Gasteiger partial charge in [0.05, 0.1) is 5.69 Å². The molecule has 0 radical (unpaired) electrons. The number of para-hydroxylation sites is 1. The minimum atomic E-state index is -0.362. The van der Waals surface area contributed by atoms with Crippen LogP contribution in [-0.2, 0) is 0 Å². The topological polar surface area (TPSA) is 115 Å². The number of amides is 1. The van der Waals surface area contributed by atoms with Gasteiger partial charge in [0.15, 0.2) is 0 Å². The highest BCUT2D eigenvalue weighted by Gasteiger charge is 2.20. The van der Waals surface area contributed by atoms with Crippen LogP contribution in [0.2, 0.25) is 0 Å². The normalized spacial score (nSPS) is 13.5. The van der Waals surface area contributed by atoms with Crippen LogP contribution < -0.4 is 20.3 Å². The van der Waals surface area contributed by atoms with Crippen LogP contribution in [0, 0.1) is 13.8 Å². The van der Waals surface area contributed by atoms with E-state index >= 15 is 0 Å². The smallest absolute Gasteiger partial charge is 0.262 e. The number of aryl methyl sites for hydroxylation is 2. The summed E-state index contributed by atoms with van der Waals surface area (Å²) in [6.45, 7) is 10.2. The molecule has 0 aliphatic carbocycles. The summed E-state index contributed by atoms with van der Waals surface area (Å²) in [5.74, 6) is 0.601. The Balaban J connectivity index is 1.20. The Morgan fingerprint density at radius 2 is 1.70 bits per heavy atom. The van der Waals surface area contributed by atoms with Gasteiger partial charge in [0.2, 0.25) is 11.8 Å². The molecule has 1 aliphatic rings. The molecular formula is C36H41N9O2. The molecule has 1 aliphatic heterocycles. The number of carbonyl (C=O) groups excluding carboxylic acids is 1. The molecule has 242 valence electrons. The Kier molecular flexibility index (Phi) is 9.75. The highest BCUT2D eigenvalue weighted by Crippen LogP contribution is 2.30. The summed E-state index contributed by atoms with van der Waals surface area (Å²) in [5, 5.41) is 13.4. The first kappa shape index (κ1) is 31.7. The molecule has 0 spiro atoms. The molecule has 0 atom stereocenters. The van der Waals surface area contributed by atoms with Gasteiger partial charge < -0.3 is 25.2 Å². The van der Waals surface area contributed by atoms with Gasteiger partial charge in [-0.05, 0) is 81.5 Å². The molecule has 11 heteroatoms. The van der Waals surface area contributed by atoms with E-state index in [9.17, 15) is 4.79 Å². The highest BCUT2D eigenvalue weighted by molar-refractivity contribution is 6.06. The number of likely N-dealkylation sites (N-methyl/N-ethyl adjacent to an activating group) is 1. The minimum Gasteiger partial charge on any atom is -0.438 e. The van der Waals surface area contributed by atoms with Gasteiger partial charge in [-0.15, -0.1) is 0 Å². The van der Waals surface area contributed by atoms with E-state index in [1.165, 1.54) is 11.9 Å². The number of aromatic amines is 1. The number of rotatable bonds is 11. The van der Waals surface area contributed by atoms with Crippen molar-refractivity contribution in [1.29, 1.82) is 0 Å². The maximum absolute atomic E-state index is 13.6. The number of anilines is 4. The predicted octanol–water partition coefficient (Wildman–Crippen LogP) is 5.96. The van der Waals surface area contributed by atoms with Crippen molar-refractivity contribution in [3.8, 4) is 22.9 Å². The van der Waals surface area contributed by atoms with E-state index in [2.05, 4.69) is 71.7 Å². The van der Waals surface area contributed by atoms with Crippen LogP contribution in [0.25, 0.3) is 11.3 Å². The fraction of sp³-hybridized carbons (Fsp3) is 0.278. The number of ether oxygens (including phenoxy) is 1. The standard InChI is InChI=1S/C36H41N9O2/c1-25-7-5-8-26(2)33(25)40-34(46)31-24-37-36(41-35(31)47-30-10-6-9-27(23-30)32-15-16-38-42-32)39-28-11-13-29(14-12-28)45-21-19-44(20-22-45)18-17-43(3)4/h5-16,23-24H,17-22H2,1-4H3,(H,38,42)(H,40,46)(H,37,39,41). The Hall–Kier alpha value is -5.26. The molecule has 1 amide bonds. The van der Waals surface area contributed by atoms with Crippen molar-refractivity contribution < 1.29 is 9.53 Å². The molecule has 3 heterocycles. The molecule has 0 unspecified atom stereocenters. The van der Waals surface area contributed by atoms with E-state index in [4.69, 9.17) is 4.74 Å². The van der Waals surface area contributed by atoms with Crippen LogP contribution in [0.3, 0.4) is 0 Å². The third kappa shape index (κ3) is 7.94. The first-order valence-corrected chi connectivity index (χ1v) is 15.8. The van der Waals surface area contributed by atoms with E-state index in [0.29, 0.717) is 11.7 Å². The number of benzene rings is 3. The average Bonchev–Trinajstić information content (AvgIpc) is 3.62. The largest absolute Gasteiger partial charge is 0.438 e. The summed E-state index contributed by atoms with van der Waals surface area (Å²) in [6.07, 6.45) is 3.26. The second kappa shape index (κ2) is 14.4. The van der Waals surface area contributed by atoms with E-state index in [1.807, 2.05) is 74.5 Å². The van der Waals surface area contributed by atoms with Crippen molar-refractivity contribution in [2.75, 3.05) is 68.9 Å². The van der Waals surface area contributed by atoms with E-state index in [1.54, 1.807) is 6.20 Å². The van der Waals surface area contributed by atoms with Crippen molar-refractivity contribution >= 4 is 28.9 Å². The zero-order valence-corrected chi connectivity index (χ0v) is 27.3. The lowest BCUT2D eigenvalue weighted by atomic mass is 10.1. The molecule has 2 aromatic heterocycles. The zero-order valence-electron chi connectivity index (χ0n) is 27.3. The molecule has 6 rings (SSSR count). The number of carbonyl (C=O) groups is 1. The van der Waals surface area contributed by atoms with Gasteiger partial charge in [0.1, 0.15) is 11.3 Å². The van der Waals surface area contributed by atoms with Crippen molar-refractivity contribution in [3.63, 3.8) is 0 Å². The molecule has 11 nitrogen and oxygen atoms in total. The Bertz CT molecular complexity index is 1780. The summed E-state index contributed by atoms with van der Waals surface area (Å²) in [6, 6.07) is 23.5. The first-order valence-electron chi connectivity index (χ1n) is 15.8. The minimum absolute atomic E-state index is 0.133. The predicted molar refractivity (Wildman–Crippen MR) is 187 cm³/mol. The van der Waals surface area contributed by atoms with Crippen LogP contribution in [-0.4, -0.2) is 89.2 Å². The van der Waals surface area contributed by atoms with Gasteiger partial charge in [-0.1, -0.05) is 30.3 Å². The third-order valence-electron chi connectivity index (χ3n) is 8.29. The van der Waals surface area contributed by atoms with Crippen molar-refractivity contribution in [2.24, 2.45) is 0 Å². The van der Waals surface area contributed by atoms with Crippen LogP contribution in [0.5, 0.6) is 11.6 Å². The molecule has 47 heavy (non-hydrogen) atoms. The van der Waals surface area contributed by atoms with Gasteiger partial charge in [0.25, 0.3) is 5.91 Å². The number of hydrogen-bond acceptors (Lipinski definition) is 9. The van der Waals surface area contributed by atoms with Gasteiger partial charge in [-0.25, -0.2) is 4.98 Å². The van der Waals surface area contributed by atoms with Crippen molar-refractivity contribution in [1.82, 2.24) is 30.0 Å². The third-order valence-corrected chi connectivity index (χ3v) is 8.29. The fourth-order valence-corrected chi connectivity index (χ4v) is 5.56. The second-order valence-corrected chi connectivity index (χ2v) is 12.0. The van der Waals surface area contributed by atoms with E-state index < -0.39 is 0 Å². The van der Waals surface area contributed by atoms with Crippen LogP contribution in [0.15, 0.2) is 85.2 Å². The first-order chi connectivity index (χ1) is 22.8. The second-order valence-electron chi connectivity index (χ2n) is 12.0. The molecule has 0 saturated carbocycles. The monoisotopic (exact) mass is 631 g/mol. The molecule has 5 aromatic rings. The van der Waals surface area contributed by atoms with Gasteiger partial charge in [0, 0.05) is 74.3 Å². The Labute approximate surface area is 275 Å². The van der Waals surface area contributed by atoms with E-state index in [-0.39, 0.29) is 17.4 Å². The molecule has 1 fully saturated rings. The lowest BCUT2D eigenvalue weighted by molar-refractivity contribution is 0.102. The highest BCUT2D eigenvalue weighted by atomic mass is 16.5.